The molecule has 0 aromatic heterocycles. The first kappa shape index (κ1) is 22.2. The Morgan fingerprint density at radius 2 is 1.64 bits per heavy atom. The molecule has 2 aromatic carbocycles. The maximum absolute atomic E-state index is 12.3. The third-order valence-corrected chi connectivity index (χ3v) is 4.89. The lowest BCUT2D eigenvalue weighted by Gasteiger charge is -2.17. The van der Waals surface area contributed by atoms with Crippen LogP contribution in [0.3, 0.4) is 0 Å². The van der Waals surface area contributed by atoms with Gasteiger partial charge in [0, 0.05) is 22.3 Å². The maximum atomic E-state index is 12.3. The second-order valence-electron chi connectivity index (χ2n) is 6.82. The molecule has 0 bridgehead atoms. The summed E-state index contributed by atoms with van der Waals surface area (Å²) in [6.45, 7) is 4.63. The standard InChI is InChI=1S/C21H25Cl2N3O2/c1-14-5-4-6-15(2)21(14)25-20(28)13-26(3)12-19(27)24-10-9-16-7-8-17(22)11-18(16)23/h4-8,11H,9-10,12-13H2,1-3H3,(H,24,27)(H,25,28). The molecule has 0 fully saturated rings. The monoisotopic (exact) mass is 421 g/mol. The van der Waals surface area contributed by atoms with E-state index in [0.29, 0.717) is 23.0 Å². The number of carbonyl (C=O) groups excluding carboxylic acids is 2. The Kier molecular flexibility index (Phi) is 8.30. The minimum atomic E-state index is -0.152. The molecule has 7 heteroatoms. The van der Waals surface area contributed by atoms with Gasteiger partial charge in [-0.15, -0.1) is 0 Å². The zero-order valence-corrected chi connectivity index (χ0v) is 17.8. The first-order valence-electron chi connectivity index (χ1n) is 9.01. The molecule has 0 spiro atoms. The van der Waals surface area contributed by atoms with Crippen molar-refractivity contribution in [2.75, 3.05) is 32.0 Å². The largest absolute Gasteiger partial charge is 0.355 e. The molecule has 2 aromatic rings. The Balaban J connectivity index is 1.75. The topological polar surface area (TPSA) is 61.4 Å². The molecule has 0 radical (unpaired) electrons. The van der Waals surface area contributed by atoms with Gasteiger partial charge in [0.05, 0.1) is 13.1 Å². The van der Waals surface area contributed by atoms with Crippen LogP contribution in [0.2, 0.25) is 10.0 Å². The molecule has 5 nitrogen and oxygen atoms in total. The SMILES string of the molecule is Cc1cccc(C)c1NC(=O)CN(C)CC(=O)NCCc1ccc(Cl)cc1Cl. The highest BCUT2D eigenvalue weighted by Gasteiger charge is 2.12. The van der Waals surface area contributed by atoms with Gasteiger partial charge in [-0.2, -0.15) is 0 Å². The number of nitrogens with zero attached hydrogens (tertiary/aromatic N) is 1. The summed E-state index contributed by atoms with van der Waals surface area (Å²) < 4.78 is 0. The first-order chi connectivity index (χ1) is 13.3. The summed E-state index contributed by atoms with van der Waals surface area (Å²) in [5.41, 5.74) is 3.77. The quantitative estimate of drug-likeness (QED) is 0.680. The lowest BCUT2D eigenvalue weighted by atomic mass is 10.1. The normalized spacial score (nSPS) is 10.8. The first-order valence-corrected chi connectivity index (χ1v) is 9.77. The molecule has 0 saturated carbocycles. The van der Waals surface area contributed by atoms with Crippen molar-refractivity contribution in [2.24, 2.45) is 0 Å². The van der Waals surface area contributed by atoms with E-state index in [9.17, 15) is 9.59 Å². The summed E-state index contributed by atoms with van der Waals surface area (Å²) in [5.74, 6) is -0.298. The highest BCUT2D eigenvalue weighted by atomic mass is 35.5. The molecule has 0 aliphatic carbocycles. The maximum Gasteiger partial charge on any atom is 0.238 e. The third-order valence-electron chi connectivity index (χ3n) is 4.30. The van der Waals surface area contributed by atoms with E-state index >= 15 is 0 Å². The molecule has 2 amide bonds. The van der Waals surface area contributed by atoms with Crippen LogP contribution in [0.15, 0.2) is 36.4 Å². The minimum absolute atomic E-state index is 0.129. The minimum Gasteiger partial charge on any atom is -0.355 e. The van der Waals surface area contributed by atoms with Crippen molar-refractivity contribution in [1.29, 1.82) is 0 Å². The second-order valence-corrected chi connectivity index (χ2v) is 7.67. The van der Waals surface area contributed by atoms with Crippen LogP contribution in [0.1, 0.15) is 16.7 Å². The van der Waals surface area contributed by atoms with E-state index in [2.05, 4.69) is 10.6 Å². The number of hydrogen-bond acceptors (Lipinski definition) is 3. The number of carbonyl (C=O) groups is 2. The average molecular weight is 422 g/mol. The number of hydrogen-bond donors (Lipinski definition) is 2. The van der Waals surface area contributed by atoms with Gasteiger partial charge in [-0.1, -0.05) is 47.5 Å². The van der Waals surface area contributed by atoms with E-state index in [1.807, 2.05) is 38.1 Å². The molecule has 0 atom stereocenters. The molecule has 0 aliphatic heterocycles. The van der Waals surface area contributed by atoms with E-state index in [0.717, 1.165) is 22.4 Å². The highest BCUT2D eigenvalue weighted by molar-refractivity contribution is 6.35. The zero-order valence-electron chi connectivity index (χ0n) is 16.3. The zero-order chi connectivity index (χ0) is 20.7. The molecule has 0 saturated heterocycles. The number of rotatable bonds is 8. The predicted molar refractivity (Wildman–Crippen MR) is 115 cm³/mol. The van der Waals surface area contributed by atoms with Crippen LogP contribution < -0.4 is 10.6 Å². The molecule has 2 N–H and O–H groups in total. The van der Waals surface area contributed by atoms with Gasteiger partial charge in [-0.3, -0.25) is 14.5 Å². The fraction of sp³-hybridized carbons (Fsp3) is 0.333. The Labute approximate surface area is 176 Å². The van der Waals surface area contributed by atoms with Gasteiger partial charge in [-0.05, 0) is 56.1 Å². The van der Waals surface area contributed by atoms with Crippen LogP contribution in [0, 0.1) is 13.8 Å². The fourth-order valence-corrected chi connectivity index (χ4v) is 3.36. The average Bonchev–Trinajstić information content (AvgIpc) is 2.60. The van der Waals surface area contributed by atoms with Crippen LogP contribution in [-0.4, -0.2) is 43.4 Å². The smallest absolute Gasteiger partial charge is 0.238 e. The van der Waals surface area contributed by atoms with Crippen LogP contribution in [0.25, 0.3) is 0 Å². The molecule has 0 unspecified atom stereocenters. The van der Waals surface area contributed by atoms with E-state index in [4.69, 9.17) is 23.2 Å². The Hall–Kier alpha value is -2.08. The number of halogens is 2. The molecule has 2 rings (SSSR count). The van der Waals surface area contributed by atoms with Gasteiger partial charge in [0.25, 0.3) is 0 Å². The van der Waals surface area contributed by atoms with Crippen molar-refractivity contribution in [3.63, 3.8) is 0 Å². The summed E-state index contributed by atoms with van der Waals surface area (Å²) in [5, 5.41) is 6.93. The van der Waals surface area contributed by atoms with Crippen molar-refractivity contribution in [3.05, 3.63) is 63.1 Å². The van der Waals surface area contributed by atoms with Gasteiger partial charge in [0.15, 0.2) is 0 Å². The third kappa shape index (κ3) is 6.82. The predicted octanol–water partition coefficient (Wildman–Crippen LogP) is 3.84. The van der Waals surface area contributed by atoms with Gasteiger partial charge < -0.3 is 10.6 Å². The summed E-state index contributed by atoms with van der Waals surface area (Å²) >= 11 is 12.0. The van der Waals surface area contributed by atoms with Gasteiger partial charge in [0.1, 0.15) is 0 Å². The van der Waals surface area contributed by atoms with E-state index < -0.39 is 0 Å². The van der Waals surface area contributed by atoms with E-state index in [-0.39, 0.29) is 24.9 Å². The van der Waals surface area contributed by atoms with Crippen molar-refractivity contribution < 1.29 is 9.59 Å². The van der Waals surface area contributed by atoms with Gasteiger partial charge in [0.2, 0.25) is 11.8 Å². The van der Waals surface area contributed by atoms with Crippen molar-refractivity contribution in [2.45, 2.75) is 20.3 Å². The van der Waals surface area contributed by atoms with E-state index in [1.165, 1.54) is 0 Å². The number of benzene rings is 2. The summed E-state index contributed by atoms with van der Waals surface area (Å²) in [6.07, 6.45) is 0.610. The van der Waals surface area contributed by atoms with Gasteiger partial charge in [-0.25, -0.2) is 0 Å². The lowest BCUT2D eigenvalue weighted by Crippen LogP contribution is -2.39. The molecular weight excluding hydrogens is 397 g/mol. The Bertz CT molecular complexity index is 835. The van der Waals surface area contributed by atoms with Crippen LogP contribution >= 0.6 is 23.2 Å². The van der Waals surface area contributed by atoms with Gasteiger partial charge >= 0.3 is 0 Å². The lowest BCUT2D eigenvalue weighted by molar-refractivity contribution is -0.122. The highest BCUT2D eigenvalue weighted by Crippen LogP contribution is 2.21. The molecule has 0 heterocycles. The molecule has 150 valence electrons. The number of anilines is 1. The number of para-hydroxylation sites is 1. The summed E-state index contributed by atoms with van der Waals surface area (Å²) in [6, 6.07) is 11.2. The number of amides is 2. The molecule has 28 heavy (non-hydrogen) atoms. The van der Waals surface area contributed by atoms with Crippen LogP contribution in [0.5, 0.6) is 0 Å². The number of aryl methyl sites for hydroxylation is 2. The number of likely N-dealkylation sites (N-methyl/N-ethyl adjacent to an activating group) is 1. The summed E-state index contributed by atoms with van der Waals surface area (Å²) in [4.78, 5) is 26.0. The Morgan fingerprint density at radius 3 is 2.29 bits per heavy atom. The van der Waals surface area contributed by atoms with Crippen LogP contribution in [0.4, 0.5) is 5.69 Å². The fourth-order valence-electron chi connectivity index (χ4n) is 2.85. The van der Waals surface area contributed by atoms with Crippen molar-refractivity contribution >= 4 is 40.7 Å². The van der Waals surface area contributed by atoms with Crippen molar-refractivity contribution in [3.8, 4) is 0 Å². The van der Waals surface area contributed by atoms with Crippen molar-refractivity contribution in [1.82, 2.24) is 10.2 Å². The molecule has 0 aliphatic rings. The Morgan fingerprint density at radius 1 is 1.00 bits per heavy atom. The summed E-state index contributed by atoms with van der Waals surface area (Å²) in [7, 11) is 1.74. The second kappa shape index (κ2) is 10.5. The van der Waals surface area contributed by atoms with Crippen LogP contribution in [-0.2, 0) is 16.0 Å². The molecular formula is C21H25Cl2N3O2. The number of nitrogens with one attached hydrogen (secondary N) is 2. The van der Waals surface area contributed by atoms with E-state index in [1.54, 1.807) is 24.1 Å².